The van der Waals surface area contributed by atoms with Crippen LogP contribution in [0.1, 0.15) is 25.3 Å². The van der Waals surface area contributed by atoms with Crippen LogP contribution in [0.25, 0.3) is 10.8 Å². The van der Waals surface area contributed by atoms with Crippen molar-refractivity contribution in [1.82, 2.24) is 0 Å². The molecule has 132 valence electrons. The summed E-state index contributed by atoms with van der Waals surface area (Å²) in [7, 11) is 0. The number of carbonyl (C=O) groups excluding carboxylic acids is 2. The Kier molecular flexibility index (Phi) is 5.53. The number of anilines is 1. The third-order valence-electron chi connectivity index (χ3n) is 3.63. The lowest BCUT2D eigenvalue weighted by molar-refractivity contribution is -0.385. The van der Waals surface area contributed by atoms with E-state index in [4.69, 9.17) is 15.2 Å². The van der Waals surface area contributed by atoms with E-state index in [-0.39, 0.29) is 24.5 Å². The highest BCUT2D eigenvalue weighted by Crippen LogP contribution is 2.38. The Morgan fingerprint density at radius 1 is 1.12 bits per heavy atom. The molecule has 8 heteroatoms. The van der Waals surface area contributed by atoms with Crippen molar-refractivity contribution in [3.05, 3.63) is 46.0 Å². The van der Waals surface area contributed by atoms with E-state index in [1.165, 1.54) is 0 Å². The molecule has 0 aliphatic carbocycles. The predicted octanol–water partition coefficient (Wildman–Crippen LogP) is 2.54. The molecule has 8 nitrogen and oxygen atoms in total. The summed E-state index contributed by atoms with van der Waals surface area (Å²) in [6, 6.07) is 7.72. The van der Waals surface area contributed by atoms with Crippen LogP contribution in [0.3, 0.4) is 0 Å². The zero-order valence-corrected chi connectivity index (χ0v) is 13.9. The number of nitrogens with zero attached hydrogens (tertiary/aromatic N) is 1. The quantitative estimate of drug-likeness (QED) is 0.280. The number of hydrogen-bond donors (Lipinski definition) is 1. The Morgan fingerprint density at radius 2 is 1.64 bits per heavy atom. The van der Waals surface area contributed by atoms with Crippen LogP contribution < -0.4 is 5.73 Å². The number of esters is 2. The largest absolute Gasteiger partial charge is 0.465 e. The number of benzene rings is 2. The summed E-state index contributed by atoms with van der Waals surface area (Å²) < 4.78 is 9.89. The Bertz CT molecular complexity index is 815. The molecule has 0 saturated carbocycles. The highest BCUT2D eigenvalue weighted by atomic mass is 16.6. The molecule has 0 aliphatic rings. The summed E-state index contributed by atoms with van der Waals surface area (Å²) in [6.45, 7) is 3.20. The van der Waals surface area contributed by atoms with Crippen molar-refractivity contribution in [2.45, 2.75) is 19.8 Å². The molecule has 0 atom stereocenters. The van der Waals surface area contributed by atoms with E-state index in [0.29, 0.717) is 10.8 Å². The van der Waals surface area contributed by atoms with Gasteiger partial charge in [-0.05, 0) is 19.2 Å². The maximum absolute atomic E-state index is 12.4. The number of carbonyl (C=O) groups is 2. The Morgan fingerprint density at radius 3 is 2.12 bits per heavy atom. The molecule has 2 rings (SSSR count). The minimum atomic E-state index is -1.56. The number of nitrogens with two attached hydrogens (primary N) is 1. The van der Waals surface area contributed by atoms with Crippen molar-refractivity contribution >= 4 is 34.1 Å². The van der Waals surface area contributed by atoms with Crippen LogP contribution in [0, 0.1) is 10.1 Å². The lowest BCUT2D eigenvalue weighted by atomic mass is 9.90. The average molecular weight is 346 g/mol. The second kappa shape index (κ2) is 7.61. The smallest absolute Gasteiger partial charge is 0.325 e. The van der Waals surface area contributed by atoms with E-state index in [1.54, 1.807) is 38.1 Å². The normalized spacial score (nSPS) is 10.7. The molecule has 2 N–H and O–H groups in total. The summed E-state index contributed by atoms with van der Waals surface area (Å²) in [5.41, 5.74) is 5.57. The van der Waals surface area contributed by atoms with Gasteiger partial charge in [0.2, 0.25) is 0 Å². The van der Waals surface area contributed by atoms with Crippen LogP contribution in [0.15, 0.2) is 30.3 Å². The topological polar surface area (TPSA) is 122 Å². The molecule has 0 saturated heterocycles. The number of nitrogen functional groups attached to an aromatic ring is 1. The molecule has 0 aliphatic heterocycles. The molecule has 0 fully saturated rings. The lowest BCUT2D eigenvalue weighted by Gasteiger charge is -2.17. The van der Waals surface area contributed by atoms with Crippen molar-refractivity contribution in [1.29, 1.82) is 0 Å². The van der Waals surface area contributed by atoms with E-state index in [2.05, 4.69) is 0 Å². The van der Waals surface area contributed by atoms with Gasteiger partial charge in [0.05, 0.1) is 23.7 Å². The van der Waals surface area contributed by atoms with Crippen LogP contribution in [-0.4, -0.2) is 30.1 Å². The van der Waals surface area contributed by atoms with Gasteiger partial charge < -0.3 is 15.2 Å². The van der Waals surface area contributed by atoms with E-state index in [0.717, 1.165) is 6.07 Å². The second-order valence-corrected chi connectivity index (χ2v) is 5.14. The molecule has 0 aromatic heterocycles. The number of rotatable bonds is 6. The molecule has 0 radical (unpaired) electrons. The first kappa shape index (κ1) is 18.2. The van der Waals surface area contributed by atoms with Crippen LogP contribution in [-0.2, 0) is 19.1 Å². The van der Waals surface area contributed by atoms with Gasteiger partial charge in [0, 0.05) is 17.1 Å². The summed E-state index contributed by atoms with van der Waals surface area (Å²) >= 11 is 0. The first-order valence-corrected chi connectivity index (χ1v) is 7.71. The van der Waals surface area contributed by atoms with Gasteiger partial charge in [-0.25, -0.2) is 0 Å². The zero-order chi connectivity index (χ0) is 18.6. The third kappa shape index (κ3) is 3.52. The molecule has 0 bridgehead atoms. The van der Waals surface area contributed by atoms with E-state index in [9.17, 15) is 19.7 Å². The number of ether oxygens (including phenoxy) is 2. The van der Waals surface area contributed by atoms with Gasteiger partial charge in [-0.2, -0.15) is 0 Å². The van der Waals surface area contributed by atoms with E-state index in [1.807, 2.05) is 0 Å². The number of nitro benzene ring substituents is 1. The van der Waals surface area contributed by atoms with Crippen molar-refractivity contribution in [2.24, 2.45) is 0 Å². The first-order chi connectivity index (χ1) is 11.9. The molecule has 2 aromatic carbocycles. The Labute approximate surface area is 143 Å². The predicted molar refractivity (Wildman–Crippen MR) is 91.0 cm³/mol. The van der Waals surface area contributed by atoms with Gasteiger partial charge in [-0.3, -0.25) is 19.7 Å². The maximum Gasteiger partial charge on any atom is 0.325 e. The first-order valence-electron chi connectivity index (χ1n) is 7.71. The average Bonchev–Trinajstić information content (AvgIpc) is 2.57. The van der Waals surface area contributed by atoms with Crippen LogP contribution in [0.2, 0.25) is 0 Å². The molecule has 0 unspecified atom stereocenters. The summed E-state index contributed by atoms with van der Waals surface area (Å²) in [5.74, 6) is -3.37. The summed E-state index contributed by atoms with van der Waals surface area (Å²) in [5, 5.41) is 12.4. The highest BCUT2D eigenvalue weighted by molar-refractivity contribution is 6.08. The Balaban J connectivity index is 2.82. The standard InChI is InChI=1S/C17H18N2O6/c1-3-24-16(20)15(17(21)25-4-2)14-11-8-6-5-7-10(11)12(18)9-13(14)19(22)23/h5-9,15H,3-4,18H2,1-2H3. The number of nitro groups is 1. The SMILES string of the molecule is CCOC(=O)C(C(=O)OCC)c1c([N+](=O)[O-])cc(N)c2ccccc12. The van der Waals surface area contributed by atoms with Crippen molar-refractivity contribution in [3.63, 3.8) is 0 Å². The summed E-state index contributed by atoms with van der Waals surface area (Å²) in [6.07, 6.45) is 0. The molecular formula is C17H18N2O6. The number of fused-ring (bicyclic) bond motifs is 1. The van der Waals surface area contributed by atoms with Gasteiger partial charge in [0.25, 0.3) is 5.69 Å². The Hall–Kier alpha value is -3.16. The molecule has 0 spiro atoms. The van der Waals surface area contributed by atoms with Gasteiger partial charge in [0.1, 0.15) is 0 Å². The minimum absolute atomic E-state index is 0.0233. The lowest BCUT2D eigenvalue weighted by Crippen LogP contribution is -2.27. The number of hydrogen-bond acceptors (Lipinski definition) is 7. The zero-order valence-electron chi connectivity index (χ0n) is 13.9. The second-order valence-electron chi connectivity index (χ2n) is 5.14. The van der Waals surface area contributed by atoms with Crippen LogP contribution in [0.5, 0.6) is 0 Å². The maximum atomic E-state index is 12.4. The van der Waals surface area contributed by atoms with Crippen molar-refractivity contribution in [2.75, 3.05) is 18.9 Å². The molecular weight excluding hydrogens is 328 g/mol. The van der Waals surface area contributed by atoms with Gasteiger partial charge in [0.15, 0.2) is 5.92 Å². The van der Waals surface area contributed by atoms with Crippen LogP contribution in [0.4, 0.5) is 11.4 Å². The van der Waals surface area contributed by atoms with Crippen molar-refractivity contribution < 1.29 is 24.0 Å². The molecule has 0 heterocycles. The van der Waals surface area contributed by atoms with Crippen LogP contribution >= 0.6 is 0 Å². The molecule has 25 heavy (non-hydrogen) atoms. The summed E-state index contributed by atoms with van der Waals surface area (Å²) in [4.78, 5) is 35.6. The van der Waals surface area contributed by atoms with Gasteiger partial charge in [-0.1, -0.05) is 24.3 Å². The van der Waals surface area contributed by atoms with E-state index >= 15 is 0 Å². The van der Waals surface area contributed by atoms with E-state index < -0.39 is 28.5 Å². The third-order valence-corrected chi connectivity index (χ3v) is 3.63. The van der Waals surface area contributed by atoms with Gasteiger partial charge >= 0.3 is 11.9 Å². The highest BCUT2D eigenvalue weighted by Gasteiger charge is 2.38. The fraction of sp³-hybridized carbons (Fsp3) is 0.294. The molecule has 2 aromatic rings. The van der Waals surface area contributed by atoms with Gasteiger partial charge in [-0.15, -0.1) is 0 Å². The fourth-order valence-corrected chi connectivity index (χ4v) is 2.65. The minimum Gasteiger partial charge on any atom is -0.465 e. The van der Waals surface area contributed by atoms with Crippen molar-refractivity contribution in [3.8, 4) is 0 Å². The monoisotopic (exact) mass is 346 g/mol. The molecule has 0 amide bonds. The fourth-order valence-electron chi connectivity index (χ4n) is 2.65.